The fourth-order valence-electron chi connectivity index (χ4n) is 1.46. The van der Waals surface area contributed by atoms with Gasteiger partial charge < -0.3 is 5.73 Å². The van der Waals surface area contributed by atoms with Gasteiger partial charge in [0, 0.05) is 5.92 Å². The van der Waals surface area contributed by atoms with E-state index in [0.29, 0.717) is 11.3 Å². The van der Waals surface area contributed by atoms with E-state index in [4.69, 9.17) is 18.0 Å². The second-order valence-electron chi connectivity index (χ2n) is 3.02. The maximum atomic E-state index is 5.44. The molecule has 2 fully saturated rings. The summed E-state index contributed by atoms with van der Waals surface area (Å²) in [5.74, 6) is 0.637. The van der Waals surface area contributed by atoms with Crippen molar-refractivity contribution >= 4 is 17.2 Å². The van der Waals surface area contributed by atoms with Crippen LogP contribution in [0.5, 0.6) is 0 Å². The second kappa shape index (κ2) is 1.08. The minimum Gasteiger partial charge on any atom is -0.393 e. The fourth-order valence-corrected chi connectivity index (χ4v) is 1.80. The van der Waals surface area contributed by atoms with E-state index in [0.717, 1.165) is 4.99 Å². The van der Waals surface area contributed by atoms with Crippen LogP contribution in [0.25, 0.3) is 0 Å². The Hall–Kier alpha value is -0.110. The third kappa shape index (κ3) is 0.440. The summed E-state index contributed by atoms with van der Waals surface area (Å²) >= 11 is 4.85. The van der Waals surface area contributed by atoms with Gasteiger partial charge in [-0.1, -0.05) is 12.2 Å². The normalized spacial score (nSPS) is 37.2. The molecule has 2 aliphatic carbocycles. The molecule has 2 N–H and O–H groups in total. The molecule has 0 aromatic heterocycles. The molecule has 1 spiro atoms. The van der Waals surface area contributed by atoms with Gasteiger partial charge in [-0.25, -0.2) is 0 Å². The molecule has 0 bridgehead atoms. The van der Waals surface area contributed by atoms with Crippen molar-refractivity contribution < 1.29 is 0 Å². The standard InChI is InChI=1S/C6H9NS/c7-5(8)4-3-6(4)1-2-6/h4H,1-3H2,(H2,7,8). The Morgan fingerprint density at radius 3 is 2.38 bits per heavy atom. The van der Waals surface area contributed by atoms with E-state index in [2.05, 4.69) is 0 Å². The Morgan fingerprint density at radius 2 is 2.25 bits per heavy atom. The lowest BCUT2D eigenvalue weighted by molar-refractivity contribution is 0.848. The molecule has 0 radical (unpaired) electrons. The monoisotopic (exact) mass is 127 g/mol. The first-order valence-electron chi connectivity index (χ1n) is 3.04. The van der Waals surface area contributed by atoms with Crippen molar-refractivity contribution in [3.8, 4) is 0 Å². The molecule has 1 unspecified atom stereocenters. The summed E-state index contributed by atoms with van der Waals surface area (Å²) < 4.78 is 0. The zero-order valence-corrected chi connectivity index (χ0v) is 5.50. The van der Waals surface area contributed by atoms with Gasteiger partial charge in [0.25, 0.3) is 0 Å². The molecular formula is C6H9NS. The van der Waals surface area contributed by atoms with Gasteiger partial charge >= 0.3 is 0 Å². The molecule has 2 rings (SSSR count). The smallest absolute Gasteiger partial charge is 0.0764 e. The molecule has 0 saturated heterocycles. The molecule has 2 saturated carbocycles. The second-order valence-corrected chi connectivity index (χ2v) is 3.49. The van der Waals surface area contributed by atoms with Crippen LogP contribution < -0.4 is 5.73 Å². The van der Waals surface area contributed by atoms with E-state index >= 15 is 0 Å². The highest BCUT2D eigenvalue weighted by Crippen LogP contribution is 2.70. The van der Waals surface area contributed by atoms with Crippen molar-refractivity contribution in [2.45, 2.75) is 19.3 Å². The largest absolute Gasteiger partial charge is 0.393 e. The first-order valence-corrected chi connectivity index (χ1v) is 3.45. The summed E-state index contributed by atoms with van der Waals surface area (Å²) in [5.41, 5.74) is 6.12. The molecule has 0 amide bonds. The van der Waals surface area contributed by atoms with Crippen molar-refractivity contribution in [2.75, 3.05) is 0 Å². The summed E-state index contributed by atoms with van der Waals surface area (Å²) in [6.45, 7) is 0. The maximum absolute atomic E-state index is 5.44. The molecule has 0 aliphatic heterocycles. The highest BCUT2D eigenvalue weighted by atomic mass is 32.1. The molecule has 1 nitrogen and oxygen atoms in total. The summed E-state index contributed by atoms with van der Waals surface area (Å²) in [4.78, 5) is 0.752. The van der Waals surface area contributed by atoms with Crippen LogP contribution in [0.1, 0.15) is 19.3 Å². The third-order valence-corrected chi connectivity index (χ3v) is 2.71. The summed E-state index contributed by atoms with van der Waals surface area (Å²) in [5, 5.41) is 0. The molecule has 0 aromatic rings. The van der Waals surface area contributed by atoms with Crippen LogP contribution in [0, 0.1) is 11.3 Å². The van der Waals surface area contributed by atoms with Crippen molar-refractivity contribution in [3.63, 3.8) is 0 Å². The lowest BCUT2D eigenvalue weighted by atomic mass is 10.3. The molecule has 1 atom stereocenters. The number of hydrogen-bond donors (Lipinski definition) is 1. The van der Waals surface area contributed by atoms with Gasteiger partial charge in [-0.15, -0.1) is 0 Å². The van der Waals surface area contributed by atoms with Gasteiger partial charge in [-0.3, -0.25) is 0 Å². The van der Waals surface area contributed by atoms with Crippen LogP contribution >= 0.6 is 12.2 Å². The van der Waals surface area contributed by atoms with Gasteiger partial charge in [0.1, 0.15) is 0 Å². The number of nitrogens with two attached hydrogens (primary N) is 1. The van der Waals surface area contributed by atoms with E-state index in [1.54, 1.807) is 0 Å². The molecule has 0 heterocycles. The third-order valence-electron chi connectivity index (χ3n) is 2.43. The van der Waals surface area contributed by atoms with E-state index in [9.17, 15) is 0 Å². The van der Waals surface area contributed by atoms with Crippen LogP contribution in [-0.4, -0.2) is 4.99 Å². The lowest BCUT2D eigenvalue weighted by Crippen LogP contribution is -2.11. The fraction of sp³-hybridized carbons (Fsp3) is 0.833. The molecule has 0 aromatic carbocycles. The van der Waals surface area contributed by atoms with Crippen molar-refractivity contribution in [1.29, 1.82) is 0 Å². The topological polar surface area (TPSA) is 26.0 Å². The Bertz CT molecular complexity index is 149. The van der Waals surface area contributed by atoms with E-state index in [1.165, 1.54) is 19.3 Å². The first-order chi connectivity index (χ1) is 3.75. The van der Waals surface area contributed by atoms with Crippen LogP contribution in [0.4, 0.5) is 0 Å². The number of thiocarbonyl (C=S) groups is 1. The quantitative estimate of drug-likeness (QED) is 0.533. The lowest BCUT2D eigenvalue weighted by Gasteiger charge is -1.87. The van der Waals surface area contributed by atoms with Crippen molar-refractivity contribution in [2.24, 2.45) is 17.1 Å². The van der Waals surface area contributed by atoms with E-state index in [1.807, 2.05) is 0 Å². The van der Waals surface area contributed by atoms with Crippen LogP contribution in [0.3, 0.4) is 0 Å². The van der Waals surface area contributed by atoms with E-state index < -0.39 is 0 Å². The predicted octanol–water partition coefficient (Wildman–Crippen LogP) is 1.07. The molecule has 2 heteroatoms. The van der Waals surface area contributed by atoms with E-state index in [-0.39, 0.29) is 0 Å². The Labute approximate surface area is 54.3 Å². The van der Waals surface area contributed by atoms with Crippen molar-refractivity contribution in [3.05, 3.63) is 0 Å². The highest BCUT2D eigenvalue weighted by molar-refractivity contribution is 7.80. The van der Waals surface area contributed by atoms with Gasteiger partial charge in [0.15, 0.2) is 0 Å². The Morgan fingerprint density at radius 1 is 1.62 bits per heavy atom. The highest BCUT2D eigenvalue weighted by Gasteiger charge is 2.63. The summed E-state index contributed by atoms with van der Waals surface area (Å²) in [6, 6.07) is 0. The maximum Gasteiger partial charge on any atom is 0.0764 e. The van der Waals surface area contributed by atoms with Gasteiger partial charge in [0.05, 0.1) is 4.99 Å². The van der Waals surface area contributed by atoms with Gasteiger partial charge in [-0.2, -0.15) is 0 Å². The molecule has 2 aliphatic rings. The first kappa shape index (κ1) is 4.74. The minimum atomic E-state index is 0.637. The Kier molecular flexibility index (Phi) is 0.639. The predicted molar refractivity (Wildman–Crippen MR) is 36.6 cm³/mol. The van der Waals surface area contributed by atoms with Crippen LogP contribution in [-0.2, 0) is 0 Å². The Balaban J connectivity index is 2.06. The van der Waals surface area contributed by atoms with Gasteiger partial charge in [-0.05, 0) is 24.7 Å². The van der Waals surface area contributed by atoms with Crippen molar-refractivity contribution in [1.82, 2.24) is 0 Å². The van der Waals surface area contributed by atoms with Crippen LogP contribution in [0.2, 0.25) is 0 Å². The summed E-state index contributed by atoms with van der Waals surface area (Å²) in [7, 11) is 0. The number of hydrogen-bond acceptors (Lipinski definition) is 1. The zero-order chi connectivity index (χ0) is 5.78. The average Bonchev–Trinajstić information content (AvgIpc) is 2.50. The molecule has 44 valence electrons. The minimum absolute atomic E-state index is 0.637. The van der Waals surface area contributed by atoms with Gasteiger partial charge in [0.2, 0.25) is 0 Å². The molecule has 8 heavy (non-hydrogen) atoms. The van der Waals surface area contributed by atoms with Crippen LogP contribution in [0.15, 0.2) is 0 Å². The SMILES string of the molecule is NC(=S)C1CC12CC2. The zero-order valence-electron chi connectivity index (χ0n) is 4.68. The number of rotatable bonds is 1. The summed E-state index contributed by atoms with van der Waals surface area (Å²) in [6.07, 6.45) is 4.06. The average molecular weight is 127 g/mol. The molecular weight excluding hydrogens is 118 g/mol.